The Labute approximate surface area is 122 Å². The standard InChI is InChI=1S/C18H14N2O/c1-21-13-6-4-5-12(9-13)15-10-19-11-17-18(15)14-7-2-3-8-16(14)20-17/h2-11,20H,1H3. The maximum atomic E-state index is 5.33. The summed E-state index contributed by atoms with van der Waals surface area (Å²) >= 11 is 0. The van der Waals surface area contributed by atoms with Crippen LogP contribution >= 0.6 is 0 Å². The molecule has 3 nitrogen and oxygen atoms in total. The number of aromatic amines is 1. The van der Waals surface area contributed by atoms with E-state index in [9.17, 15) is 0 Å². The van der Waals surface area contributed by atoms with E-state index < -0.39 is 0 Å². The van der Waals surface area contributed by atoms with E-state index >= 15 is 0 Å². The van der Waals surface area contributed by atoms with Crippen molar-refractivity contribution < 1.29 is 4.74 Å². The normalized spacial score (nSPS) is 11.1. The molecule has 0 radical (unpaired) electrons. The zero-order valence-electron chi connectivity index (χ0n) is 11.6. The van der Waals surface area contributed by atoms with Crippen molar-refractivity contribution >= 4 is 21.8 Å². The number of H-pyrrole nitrogens is 1. The van der Waals surface area contributed by atoms with Crippen LogP contribution in [0.2, 0.25) is 0 Å². The first-order chi connectivity index (χ1) is 10.4. The molecule has 0 aliphatic carbocycles. The lowest BCUT2D eigenvalue weighted by molar-refractivity contribution is 0.415. The van der Waals surface area contributed by atoms with Crippen LogP contribution in [0.15, 0.2) is 60.9 Å². The second-order valence-electron chi connectivity index (χ2n) is 5.01. The molecule has 0 saturated carbocycles. The van der Waals surface area contributed by atoms with E-state index in [1.54, 1.807) is 7.11 Å². The number of nitrogens with one attached hydrogen (secondary N) is 1. The van der Waals surface area contributed by atoms with Gasteiger partial charge in [0.15, 0.2) is 0 Å². The zero-order chi connectivity index (χ0) is 14.2. The highest BCUT2D eigenvalue weighted by Gasteiger charge is 2.10. The Morgan fingerprint density at radius 2 is 1.86 bits per heavy atom. The summed E-state index contributed by atoms with van der Waals surface area (Å²) in [6, 6.07) is 16.4. The number of rotatable bonds is 2. The predicted octanol–water partition coefficient (Wildman–Crippen LogP) is 4.39. The van der Waals surface area contributed by atoms with Gasteiger partial charge in [-0.25, -0.2) is 0 Å². The fraction of sp³-hybridized carbons (Fsp3) is 0.0556. The van der Waals surface area contributed by atoms with Gasteiger partial charge in [0.1, 0.15) is 5.75 Å². The van der Waals surface area contributed by atoms with Crippen molar-refractivity contribution in [1.29, 1.82) is 0 Å². The van der Waals surface area contributed by atoms with Gasteiger partial charge in [-0.15, -0.1) is 0 Å². The Morgan fingerprint density at radius 1 is 0.952 bits per heavy atom. The van der Waals surface area contributed by atoms with Crippen LogP contribution in [0.3, 0.4) is 0 Å². The molecule has 3 heteroatoms. The summed E-state index contributed by atoms with van der Waals surface area (Å²) in [7, 11) is 1.68. The van der Waals surface area contributed by atoms with Crippen LogP contribution in [0.5, 0.6) is 5.75 Å². The summed E-state index contributed by atoms with van der Waals surface area (Å²) in [5.74, 6) is 0.851. The van der Waals surface area contributed by atoms with E-state index in [-0.39, 0.29) is 0 Å². The van der Waals surface area contributed by atoms with Gasteiger partial charge in [0.05, 0.1) is 18.8 Å². The van der Waals surface area contributed by atoms with Crippen LogP contribution in [-0.2, 0) is 0 Å². The third kappa shape index (κ3) is 1.86. The van der Waals surface area contributed by atoms with Crippen LogP contribution in [0, 0.1) is 0 Å². The molecule has 4 rings (SSSR count). The maximum Gasteiger partial charge on any atom is 0.119 e. The van der Waals surface area contributed by atoms with Gasteiger partial charge < -0.3 is 9.72 Å². The minimum Gasteiger partial charge on any atom is -0.497 e. The smallest absolute Gasteiger partial charge is 0.119 e. The Bertz CT molecular complexity index is 940. The van der Waals surface area contributed by atoms with E-state index in [2.05, 4.69) is 34.2 Å². The lowest BCUT2D eigenvalue weighted by Crippen LogP contribution is -1.85. The van der Waals surface area contributed by atoms with Crippen molar-refractivity contribution in [1.82, 2.24) is 9.97 Å². The number of pyridine rings is 1. The highest BCUT2D eigenvalue weighted by atomic mass is 16.5. The molecule has 0 aliphatic heterocycles. The molecule has 21 heavy (non-hydrogen) atoms. The number of ether oxygens (including phenoxy) is 1. The molecule has 1 N–H and O–H groups in total. The fourth-order valence-corrected chi connectivity index (χ4v) is 2.81. The van der Waals surface area contributed by atoms with E-state index in [0.717, 1.165) is 27.9 Å². The van der Waals surface area contributed by atoms with Gasteiger partial charge in [0.2, 0.25) is 0 Å². The average Bonchev–Trinajstić information content (AvgIpc) is 2.93. The number of methoxy groups -OCH3 is 1. The monoisotopic (exact) mass is 274 g/mol. The first-order valence-corrected chi connectivity index (χ1v) is 6.85. The first kappa shape index (κ1) is 12.0. The van der Waals surface area contributed by atoms with Gasteiger partial charge in [0.25, 0.3) is 0 Å². The van der Waals surface area contributed by atoms with E-state index in [1.165, 1.54) is 10.8 Å². The summed E-state index contributed by atoms with van der Waals surface area (Å²) in [4.78, 5) is 7.79. The Morgan fingerprint density at radius 3 is 2.76 bits per heavy atom. The number of nitrogens with zero attached hydrogens (tertiary/aromatic N) is 1. The average molecular weight is 274 g/mol. The number of para-hydroxylation sites is 1. The Hall–Kier alpha value is -2.81. The fourth-order valence-electron chi connectivity index (χ4n) is 2.81. The van der Waals surface area contributed by atoms with Gasteiger partial charge in [-0.3, -0.25) is 4.98 Å². The quantitative estimate of drug-likeness (QED) is 0.588. The van der Waals surface area contributed by atoms with Gasteiger partial charge in [-0.2, -0.15) is 0 Å². The van der Waals surface area contributed by atoms with Gasteiger partial charge in [-0.1, -0.05) is 30.3 Å². The zero-order valence-corrected chi connectivity index (χ0v) is 11.6. The van der Waals surface area contributed by atoms with Crippen LogP contribution in [0.4, 0.5) is 0 Å². The van der Waals surface area contributed by atoms with E-state index in [0.29, 0.717) is 0 Å². The molecule has 0 saturated heterocycles. The summed E-state index contributed by atoms with van der Waals surface area (Å²) in [5.41, 5.74) is 4.40. The van der Waals surface area contributed by atoms with E-state index in [4.69, 9.17) is 4.74 Å². The van der Waals surface area contributed by atoms with Crippen molar-refractivity contribution in [3.63, 3.8) is 0 Å². The van der Waals surface area contributed by atoms with Gasteiger partial charge >= 0.3 is 0 Å². The van der Waals surface area contributed by atoms with Crippen LogP contribution in [0.1, 0.15) is 0 Å². The second-order valence-corrected chi connectivity index (χ2v) is 5.01. The predicted molar refractivity (Wildman–Crippen MR) is 85.6 cm³/mol. The molecular formula is C18H14N2O. The molecule has 2 aromatic heterocycles. The van der Waals surface area contributed by atoms with Gasteiger partial charge in [-0.05, 0) is 23.8 Å². The minimum absolute atomic E-state index is 0.851. The lowest BCUT2D eigenvalue weighted by Gasteiger charge is -2.06. The van der Waals surface area contributed by atoms with Crippen molar-refractivity contribution in [3.8, 4) is 16.9 Å². The number of hydrogen-bond donors (Lipinski definition) is 1. The third-order valence-electron chi connectivity index (χ3n) is 3.79. The molecule has 0 amide bonds. The molecule has 102 valence electrons. The summed E-state index contributed by atoms with van der Waals surface area (Å²) in [6.45, 7) is 0. The van der Waals surface area contributed by atoms with Crippen LogP contribution in [0.25, 0.3) is 32.9 Å². The highest BCUT2D eigenvalue weighted by molar-refractivity contribution is 6.13. The minimum atomic E-state index is 0.851. The molecule has 2 heterocycles. The Balaban J connectivity index is 2.08. The van der Waals surface area contributed by atoms with Gasteiger partial charge in [0, 0.05) is 28.0 Å². The van der Waals surface area contributed by atoms with Crippen LogP contribution < -0.4 is 4.74 Å². The van der Waals surface area contributed by atoms with Crippen LogP contribution in [-0.4, -0.2) is 17.1 Å². The van der Waals surface area contributed by atoms with Crippen molar-refractivity contribution in [2.75, 3.05) is 7.11 Å². The molecule has 0 bridgehead atoms. The molecular weight excluding hydrogens is 260 g/mol. The topological polar surface area (TPSA) is 37.9 Å². The molecule has 0 atom stereocenters. The summed E-state index contributed by atoms with van der Waals surface area (Å²) < 4.78 is 5.33. The van der Waals surface area contributed by atoms with Crippen molar-refractivity contribution in [2.24, 2.45) is 0 Å². The second kappa shape index (κ2) is 4.63. The maximum absolute atomic E-state index is 5.33. The number of benzene rings is 2. The third-order valence-corrected chi connectivity index (χ3v) is 3.79. The molecule has 0 unspecified atom stereocenters. The number of fused-ring (bicyclic) bond motifs is 3. The summed E-state index contributed by atoms with van der Waals surface area (Å²) in [5, 5.41) is 2.42. The molecule has 4 aromatic rings. The molecule has 0 aliphatic rings. The SMILES string of the molecule is COc1cccc(-c2cncc3[nH]c4ccccc4c23)c1. The lowest BCUT2D eigenvalue weighted by atomic mass is 10.0. The largest absolute Gasteiger partial charge is 0.497 e. The number of aromatic nitrogens is 2. The molecule has 0 fully saturated rings. The van der Waals surface area contributed by atoms with E-state index in [1.807, 2.05) is 36.7 Å². The first-order valence-electron chi connectivity index (χ1n) is 6.85. The summed E-state index contributed by atoms with van der Waals surface area (Å²) in [6.07, 6.45) is 3.79. The van der Waals surface area contributed by atoms with Crippen molar-refractivity contribution in [3.05, 3.63) is 60.9 Å². The molecule has 0 spiro atoms. The number of hydrogen-bond acceptors (Lipinski definition) is 2. The molecule has 2 aromatic carbocycles. The highest BCUT2D eigenvalue weighted by Crippen LogP contribution is 2.34. The Kier molecular flexibility index (Phi) is 2.64. The van der Waals surface area contributed by atoms with Crippen molar-refractivity contribution in [2.45, 2.75) is 0 Å².